The van der Waals surface area contributed by atoms with E-state index >= 15 is 0 Å². The molecule has 6 nitrogen and oxygen atoms in total. The summed E-state index contributed by atoms with van der Waals surface area (Å²) < 4.78 is 11.0. The smallest absolute Gasteiger partial charge is 0.191 e. The van der Waals surface area contributed by atoms with Crippen LogP contribution in [0.4, 0.5) is 0 Å². The van der Waals surface area contributed by atoms with Crippen molar-refractivity contribution in [3.05, 3.63) is 47.3 Å². The van der Waals surface area contributed by atoms with Gasteiger partial charge >= 0.3 is 0 Å². The van der Waals surface area contributed by atoms with Crippen LogP contribution in [0.25, 0.3) is 0 Å². The normalized spacial score (nSPS) is 11.7. The molecule has 0 atom stereocenters. The Morgan fingerprint density at radius 1 is 1.15 bits per heavy atom. The molecule has 0 saturated carbocycles. The van der Waals surface area contributed by atoms with Crippen molar-refractivity contribution in [2.75, 3.05) is 13.7 Å². The van der Waals surface area contributed by atoms with Gasteiger partial charge < -0.3 is 19.9 Å². The van der Waals surface area contributed by atoms with Crippen molar-refractivity contribution in [1.82, 2.24) is 15.8 Å². The molecule has 1 aromatic heterocycles. The molecule has 0 radical (unpaired) electrons. The number of nitrogens with one attached hydrogen (secondary N) is 2. The molecule has 0 bridgehead atoms. The van der Waals surface area contributed by atoms with Gasteiger partial charge in [0.2, 0.25) is 0 Å². The number of hydrogen-bond donors (Lipinski definition) is 2. The highest BCUT2D eigenvalue weighted by atomic mass is 16.5. The SMILES string of the molecule is CCOc1cccc(CNC(=NC)NCc2cc(C(CC)CC)no2)c1. The lowest BCUT2D eigenvalue weighted by Gasteiger charge is -2.11. The highest BCUT2D eigenvalue weighted by Crippen LogP contribution is 2.22. The first kappa shape index (κ1) is 19.8. The zero-order valence-electron chi connectivity index (χ0n) is 16.2. The molecule has 2 rings (SSSR count). The molecule has 1 aromatic carbocycles. The van der Waals surface area contributed by atoms with Gasteiger partial charge in [-0.1, -0.05) is 31.1 Å². The highest BCUT2D eigenvalue weighted by Gasteiger charge is 2.13. The first-order chi connectivity index (χ1) is 12.7. The number of hydrogen-bond acceptors (Lipinski definition) is 4. The number of rotatable bonds is 9. The third-order valence-corrected chi connectivity index (χ3v) is 4.30. The summed E-state index contributed by atoms with van der Waals surface area (Å²) in [6.45, 7) is 8.20. The Kier molecular flexibility index (Phi) is 7.99. The summed E-state index contributed by atoms with van der Waals surface area (Å²) in [5.74, 6) is 2.87. The predicted molar refractivity (Wildman–Crippen MR) is 104 cm³/mol. The molecule has 6 heteroatoms. The molecule has 1 heterocycles. The Hall–Kier alpha value is -2.50. The average molecular weight is 358 g/mol. The van der Waals surface area contributed by atoms with Crippen LogP contribution < -0.4 is 15.4 Å². The van der Waals surface area contributed by atoms with Gasteiger partial charge in [0.25, 0.3) is 0 Å². The lowest BCUT2D eigenvalue weighted by Crippen LogP contribution is -2.36. The number of ether oxygens (including phenoxy) is 1. The van der Waals surface area contributed by atoms with Gasteiger partial charge in [-0.2, -0.15) is 0 Å². The van der Waals surface area contributed by atoms with Crippen LogP contribution in [0.1, 0.15) is 56.5 Å². The van der Waals surface area contributed by atoms with Gasteiger partial charge in [-0.05, 0) is 37.5 Å². The van der Waals surface area contributed by atoms with Gasteiger partial charge in [-0.3, -0.25) is 4.99 Å². The van der Waals surface area contributed by atoms with Gasteiger partial charge in [-0.25, -0.2) is 0 Å². The molecule has 0 unspecified atom stereocenters. The summed E-state index contributed by atoms with van der Waals surface area (Å²) in [4.78, 5) is 4.25. The first-order valence-electron chi connectivity index (χ1n) is 9.31. The van der Waals surface area contributed by atoms with Crippen molar-refractivity contribution < 1.29 is 9.26 Å². The van der Waals surface area contributed by atoms with Gasteiger partial charge in [0.05, 0.1) is 18.8 Å². The van der Waals surface area contributed by atoms with Crippen LogP contribution in [0.5, 0.6) is 5.75 Å². The maximum absolute atomic E-state index is 5.53. The van der Waals surface area contributed by atoms with E-state index < -0.39 is 0 Å². The second kappa shape index (κ2) is 10.5. The van der Waals surface area contributed by atoms with E-state index in [0.717, 1.165) is 35.6 Å². The molecule has 2 aromatic rings. The molecular weight excluding hydrogens is 328 g/mol. The topological polar surface area (TPSA) is 71.7 Å². The summed E-state index contributed by atoms with van der Waals surface area (Å²) in [6.07, 6.45) is 2.14. The minimum Gasteiger partial charge on any atom is -0.494 e. The molecule has 0 aliphatic heterocycles. The number of aromatic nitrogens is 1. The third kappa shape index (κ3) is 5.79. The van der Waals surface area contributed by atoms with Gasteiger partial charge in [0.15, 0.2) is 11.7 Å². The van der Waals surface area contributed by atoms with Gasteiger partial charge in [0.1, 0.15) is 5.75 Å². The third-order valence-electron chi connectivity index (χ3n) is 4.30. The van der Waals surface area contributed by atoms with Crippen LogP contribution in [0, 0.1) is 0 Å². The summed E-state index contributed by atoms with van der Waals surface area (Å²) in [6, 6.07) is 10.1. The summed E-state index contributed by atoms with van der Waals surface area (Å²) in [5, 5.41) is 10.7. The number of aliphatic imine (C=N–C) groups is 1. The fourth-order valence-corrected chi connectivity index (χ4v) is 2.80. The number of benzene rings is 1. The zero-order valence-corrected chi connectivity index (χ0v) is 16.2. The van der Waals surface area contributed by atoms with Crippen molar-refractivity contribution in [3.63, 3.8) is 0 Å². The lowest BCUT2D eigenvalue weighted by atomic mass is 9.99. The van der Waals surface area contributed by atoms with E-state index in [4.69, 9.17) is 9.26 Å². The average Bonchev–Trinajstić information content (AvgIpc) is 3.12. The molecule has 142 valence electrons. The first-order valence-corrected chi connectivity index (χ1v) is 9.31. The summed E-state index contributed by atoms with van der Waals surface area (Å²) >= 11 is 0. The second-order valence-electron chi connectivity index (χ2n) is 6.09. The van der Waals surface area contributed by atoms with Crippen LogP contribution in [0.3, 0.4) is 0 Å². The monoisotopic (exact) mass is 358 g/mol. The minimum absolute atomic E-state index is 0.461. The predicted octanol–water partition coefficient (Wildman–Crippen LogP) is 3.84. The molecule has 0 amide bonds. The van der Waals surface area contributed by atoms with E-state index in [9.17, 15) is 0 Å². The standard InChI is InChI=1S/C20H30N4O2/c1-5-16(6-2)19-12-18(26-24-19)14-23-20(21-4)22-13-15-9-8-10-17(11-15)25-7-3/h8-12,16H,5-7,13-14H2,1-4H3,(H2,21,22,23). The van der Waals surface area contributed by atoms with E-state index in [1.807, 2.05) is 31.2 Å². The Morgan fingerprint density at radius 3 is 2.62 bits per heavy atom. The van der Waals surface area contributed by atoms with Crippen LogP contribution in [-0.4, -0.2) is 24.8 Å². The van der Waals surface area contributed by atoms with E-state index in [2.05, 4.69) is 40.7 Å². The van der Waals surface area contributed by atoms with Crippen molar-refractivity contribution >= 4 is 5.96 Å². The van der Waals surface area contributed by atoms with E-state index in [0.29, 0.717) is 31.6 Å². The largest absolute Gasteiger partial charge is 0.494 e. The number of guanidine groups is 1. The molecule has 2 N–H and O–H groups in total. The van der Waals surface area contributed by atoms with Crippen molar-refractivity contribution in [3.8, 4) is 5.75 Å². The maximum Gasteiger partial charge on any atom is 0.191 e. The van der Waals surface area contributed by atoms with Crippen LogP contribution in [0.2, 0.25) is 0 Å². The van der Waals surface area contributed by atoms with Gasteiger partial charge in [0, 0.05) is 25.6 Å². The molecule has 0 spiro atoms. The fourth-order valence-electron chi connectivity index (χ4n) is 2.80. The van der Waals surface area contributed by atoms with Crippen LogP contribution in [0.15, 0.2) is 39.8 Å². The van der Waals surface area contributed by atoms with E-state index in [1.165, 1.54) is 0 Å². The Bertz CT molecular complexity index is 693. The van der Waals surface area contributed by atoms with E-state index in [1.54, 1.807) is 7.05 Å². The quantitative estimate of drug-likeness (QED) is 0.526. The Labute approximate surface area is 156 Å². The van der Waals surface area contributed by atoms with E-state index in [-0.39, 0.29) is 0 Å². The molecule has 0 saturated heterocycles. The van der Waals surface area contributed by atoms with Crippen molar-refractivity contribution in [1.29, 1.82) is 0 Å². The Balaban J connectivity index is 1.85. The van der Waals surface area contributed by atoms with Crippen LogP contribution >= 0.6 is 0 Å². The number of nitrogens with zero attached hydrogens (tertiary/aromatic N) is 2. The molecule has 26 heavy (non-hydrogen) atoms. The summed E-state index contributed by atoms with van der Waals surface area (Å²) in [7, 11) is 1.75. The molecule has 0 fully saturated rings. The van der Waals surface area contributed by atoms with Crippen LogP contribution in [-0.2, 0) is 13.1 Å². The maximum atomic E-state index is 5.53. The fraction of sp³-hybridized carbons (Fsp3) is 0.500. The van der Waals surface area contributed by atoms with Gasteiger partial charge in [-0.15, -0.1) is 0 Å². The second-order valence-corrected chi connectivity index (χ2v) is 6.09. The lowest BCUT2D eigenvalue weighted by molar-refractivity contribution is 0.340. The molecule has 0 aliphatic rings. The van der Waals surface area contributed by atoms with Crippen molar-refractivity contribution in [2.45, 2.75) is 52.6 Å². The zero-order chi connectivity index (χ0) is 18.8. The highest BCUT2D eigenvalue weighted by molar-refractivity contribution is 5.79. The minimum atomic E-state index is 0.461. The molecule has 0 aliphatic carbocycles. The summed E-state index contributed by atoms with van der Waals surface area (Å²) in [5.41, 5.74) is 2.16. The van der Waals surface area contributed by atoms with Crippen molar-refractivity contribution in [2.24, 2.45) is 4.99 Å². The molecular formula is C20H30N4O2. The Morgan fingerprint density at radius 2 is 1.92 bits per heavy atom.